The lowest BCUT2D eigenvalue weighted by molar-refractivity contribution is 1.08. The second-order valence-electron chi connectivity index (χ2n) is 4.03. The van der Waals surface area contributed by atoms with Crippen LogP contribution in [0.25, 0.3) is 0 Å². The van der Waals surface area contributed by atoms with Gasteiger partial charge < -0.3 is 5.73 Å². The first kappa shape index (κ1) is 12.6. The first-order valence-corrected chi connectivity index (χ1v) is 6.65. The van der Waals surface area contributed by atoms with E-state index >= 15 is 0 Å². The van der Waals surface area contributed by atoms with Gasteiger partial charge in [0.15, 0.2) is 0 Å². The normalized spacial score (nSPS) is 10.7. The largest absolute Gasteiger partial charge is 0.330 e. The molecule has 1 aromatic rings. The first-order valence-electron chi connectivity index (χ1n) is 5.49. The van der Waals surface area contributed by atoms with Crippen molar-refractivity contribution >= 4 is 11.8 Å². The highest BCUT2D eigenvalue weighted by Crippen LogP contribution is 2.18. The van der Waals surface area contributed by atoms with Crippen molar-refractivity contribution in [2.75, 3.05) is 18.1 Å². The van der Waals surface area contributed by atoms with Gasteiger partial charge in [-0.25, -0.2) is 0 Å². The van der Waals surface area contributed by atoms with Crippen LogP contribution in [0.15, 0.2) is 12.1 Å². The lowest BCUT2D eigenvalue weighted by Crippen LogP contribution is -2.03. The molecule has 0 aliphatic rings. The monoisotopic (exact) mass is 223 g/mol. The van der Waals surface area contributed by atoms with Crippen LogP contribution < -0.4 is 5.73 Å². The molecule has 0 atom stereocenters. The van der Waals surface area contributed by atoms with Crippen LogP contribution in [0.3, 0.4) is 0 Å². The van der Waals surface area contributed by atoms with Gasteiger partial charge in [0.05, 0.1) is 0 Å². The maximum atomic E-state index is 5.47. The summed E-state index contributed by atoms with van der Waals surface area (Å²) < 4.78 is 0. The zero-order valence-electron chi connectivity index (χ0n) is 9.97. The van der Waals surface area contributed by atoms with Gasteiger partial charge in [-0.1, -0.05) is 17.7 Å². The number of hydrogen-bond donors (Lipinski definition) is 1. The summed E-state index contributed by atoms with van der Waals surface area (Å²) in [5.74, 6) is 2.26. The molecule has 0 spiro atoms. The van der Waals surface area contributed by atoms with E-state index in [-0.39, 0.29) is 0 Å². The van der Waals surface area contributed by atoms with Gasteiger partial charge in [-0.05, 0) is 49.6 Å². The van der Waals surface area contributed by atoms with Gasteiger partial charge in [-0.15, -0.1) is 0 Å². The van der Waals surface area contributed by atoms with E-state index in [1.165, 1.54) is 34.4 Å². The second kappa shape index (κ2) is 6.19. The third-order valence-electron chi connectivity index (χ3n) is 2.60. The van der Waals surface area contributed by atoms with Crippen LogP contribution >= 0.6 is 11.8 Å². The smallest absolute Gasteiger partial charge is 0.00559 e. The Kier molecular flexibility index (Phi) is 5.20. The molecular formula is C13H21NS. The summed E-state index contributed by atoms with van der Waals surface area (Å²) in [6, 6.07) is 4.55. The maximum Gasteiger partial charge on any atom is 0.00559 e. The number of rotatable bonds is 5. The molecule has 0 bridgehead atoms. The Morgan fingerprint density at radius 2 is 1.67 bits per heavy atom. The van der Waals surface area contributed by atoms with Crippen molar-refractivity contribution in [1.82, 2.24) is 0 Å². The van der Waals surface area contributed by atoms with Crippen molar-refractivity contribution < 1.29 is 0 Å². The SMILES string of the molecule is Cc1cc(C)c(CCSCCN)c(C)c1. The van der Waals surface area contributed by atoms with Crippen molar-refractivity contribution in [2.24, 2.45) is 5.73 Å². The lowest BCUT2D eigenvalue weighted by atomic mass is 9.98. The van der Waals surface area contributed by atoms with Crippen LogP contribution in [-0.2, 0) is 6.42 Å². The Labute approximate surface area is 97.4 Å². The fourth-order valence-electron chi connectivity index (χ4n) is 1.96. The second-order valence-corrected chi connectivity index (χ2v) is 5.25. The minimum atomic E-state index is 0.788. The molecule has 1 rings (SSSR count). The maximum absolute atomic E-state index is 5.47. The summed E-state index contributed by atoms with van der Waals surface area (Å²) in [7, 11) is 0. The molecule has 2 heteroatoms. The van der Waals surface area contributed by atoms with Gasteiger partial charge in [0, 0.05) is 12.3 Å². The topological polar surface area (TPSA) is 26.0 Å². The summed E-state index contributed by atoms with van der Waals surface area (Å²) in [5, 5.41) is 0. The molecule has 0 heterocycles. The summed E-state index contributed by atoms with van der Waals surface area (Å²) >= 11 is 1.94. The van der Waals surface area contributed by atoms with Crippen LogP contribution in [0.1, 0.15) is 22.3 Å². The average Bonchev–Trinajstić information content (AvgIpc) is 2.15. The number of nitrogens with two attached hydrogens (primary N) is 1. The van der Waals surface area contributed by atoms with Crippen molar-refractivity contribution in [1.29, 1.82) is 0 Å². The predicted molar refractivity (Wildman–Crippen MR) is 70.7 cm³/mol. The Bertz CT molecular complexity index is 297. The van der Waals surface area contributed by atoms with E-state index in [0.29, 0.717) is 0 Å². The molecule has 0 aliphatic carbocycles. The van der Waals surface area contributed by atoms with E-state index in [9.17, 15) is 0 Å². The van der Waals surface area contributed by atoms with E-state index in [4.69, 9.17) is 5.73 Å². The Balaban J connectivity index is 2.60. The van der Waals surface area contributed by atoms with E-state index in [1.807, 2.05) is 11.8 Å². The Morgan fingerprint density at radius 1 is 1.07 bits per heavy atom. The zero-order valence-corrected chi connectivity index (χ0v) is 10.8. The van der Waals surface area contributed by atoms with Crippen LogP contribution in [0, 0.1) is 20.8 Å². The molecule has 1 nitrogen and oxygen atoms in total. The Hall–Kier alpha value is -0.470. The van der Waals surface area contributed by atoms with Gasteiger partial charge >= 0.3 is 0 Å². The molecule has 0 aliphatic heterocycles. The summed E-state index contributed by atoms with van der Waals surface area (Å²) in [6.45, 7) is 7.37. The molecule has 0 radical (unpaired) electrons. The molecule has 0 saturated carbocycles. The lowest BCUT2D eigenvalue weighted by Gasteiger charge is -2.10. The molecule has 0 fully saturated rings. The van der Waals surface area contributed by atoms with Gasteiger partial charge in [0.25, 0.3) is 0 Å². The van der Waals surface area contributed by atoms with Crippen LogP contribution in [0.4, 0.5) is 0 Å². The molecule has 84 valence electrons. The zero-order chi connectivity index (χ0) is 11.3. The van der Waals surface area contributed by atoms with Crippen LogP contribution in [0.2, 0.25) is 0 Å². The van der Waals surface area contributed by atoms with E-state index < -0.39 is 0 Å². The molecule has 1 aromatic carbocycles. The van der Waals surface area contributed by atoms with E-state index in [2.05, 4.69) is 32.9 Å². The number of hydrogen-bond acceptors (Lipinski definition) is 2. The quantitative estimate of drug-likeness (QED) is 0.777. The highest BCUT2D eigenvalue weighted by molar-refractivity contribution is 7.99. The molecule has 2 N–H and O–H groups in total. The van der Waals surface area contributed by atoms with E-state index in [1.54, 1.807) is 0 Å². The van der Waals surface area contributed by atoms with Gasteiger partial charge in [-0.3, -0.25) is 0 Å². The number of thioether (sulfide) groups is 1. The fraction of sp³-hybridized carbons (Fsp3) is 0.538. The predicted octanol–water partition coefficient (Wildman–Crippen LogP) is 2.85. The summed E-state index contributed by atoms with van der Waals surface area (Å²) in [4.78, 5) is 0. The number of aryl methyl sites for hydroxylation is 3. The minimum Gasteiger partial charge on any atom is -0.330 e. The fourth-order valence-corrected chi connectivity index (χ4v) is 2.68. The van der Waals surface area contributed by atoms with Gasteiger partial charge in [0.1, 0.15) is 0 Å². The average molecular weight is 223 g/mol. The van der Waals surface area contributed by atoms with Crippen molar-refractivity contribution in [3.8, 4) is 0 Å². The molecule has 15 heavy (non-hydrogen) atoms. The Morgan fingerprint density at radius 3 is 2.20 bits per heavy atom. The van der Waals surface area contributed by atoms with Crippen LogP contribution in [0.5, 0.6) is 0 Å². The van der Waals surface area contributed by atoms with Gasteiger partial charge in [-0.2, -0.15) is 11.8 Å². The van der Waals surface area contributed by atoms with Crippen molar-refractivity contribution in [3.05, 3.63) is 34.4 Å². The molecule has 0 aromatic heterocycles. The summed E-state index contributed by atoms with van der Waals surface area (Å²) in [6.07, 6.45) is 1.17. The van der Waals surface area contributed by atoms with E-state index in [0.717, 1.165) is 12.3 Å². The number of benzene rings is 1. The molecule has 0 unspecified atom stereocenters. The standard InChI is InChI=1S/C13H21NS/c1-10-8-11(2)13(12(3)9-10)4-6-15-7-5-14/h8-9H,4-7,14H2,1-3H3. The van der Waals surface area contributed by atoms with Crippen molar-refractivity contribution in [2.45, 2.75) is 27.2 Å². The summed E-state index contributed by atoms with van der Waals surface area (Å²) in [5.41, 5.74) is 11.2. The minimum absolute atomic E-state index is 0.788. The third kappa shape index (κ3) is 3.88. The van der Waals surface area contributed by atoms with Gasteiger partial charge in [0.2, 0.25) is 0 Å². The molecule has 0 saturated heterocycles. The molecule has 0 amide bonds. The highest BCUT2D eigenvalue weighted by Gasteiger charge is 2.03. The highest BCUT2D eigenvalue weighted by atomic mass is 32.2. The third-order valence-corrected chi connectivity index (χ3v) is 3.62. The van der Waals surface area contributed by atoms with Crippen molar-refractivity contribution in [3.63, 3.8) is 0 Å². The van der Waals surface area contributed by atoms with Crippen LogP contribution in [-0.4, -0.2) is 18.1 Å². The molecular weight excluding hydrogens is 202 g/mol. The first-order chi connectivity index (χ1) is 7.15.